The fraction of sp³-hybridized carbons (Fsp3) is 0.278. The minimum atomic E-state index is -0.959. The molecule has 0 aliphatic heterocycles. The molecule has 2 rings (SSSR count). The summed E-state index contributed by atoms with van der Waals surface area (Å²) in [7, 11) is 0. The first-order valence-electron chi connectivity index (χ1n) is 7.30. The zero-order valence-electron chi connectivity index (χ0n) is 12.7. The second-order valence-electron chi connectivity index (χ2n) is 4.97. The van der Waals surface area contributed by atoms with Gasteiger partial charge in [-0.25, -0.2) is 0 Å². The quantitative estimate of drug-likeness (QED) is 0.793. The lowest BCUT2D eigenvalue weighted by Crippen LogP contribution is -2.32. The van der Waals surface area contributed by atoms with Gasteiger partial charge in [0, 0.05) is 0 Å². The Bertz CT molecular complexity index is 543. The molecule has 0 spiro atoms. The van der Waals surface area contributed by atoms with Crippen molar-refractivity contribution in [3.63, 3.8) is 0 Å². The fourth-order valence-electron chi connectivity index (χ4n) is 1.87. The number of carboxylic acid groups (broad SMARTS) is 1. The van der Waals surface area contributed by atoms with Gasteiger partial charge < -0.3 is 15.9 Å². The Hall–Kier alpha value is -2.17. The van der Waals surface area contributed by atoms with Crippen molar-refractivity contribution in [2.45, 2.75) is 31.9 Å². The van der Waals surface area contributed by atoms with Gasteiger partial charge in [0.05, 0.1) is 6.10 Å². The molecule has 2 unspecified atom stereocenters. The van der Waals surface area contributed by atoms with E-state index in [4.69, 9.17) is 10.8 Å². The Balaban J connectivity index is 0.000000224. The molecule has 4 N–H and O–H groups in total. The van der Waals surface area contributed by atoms with Crippen molar-refractivity contribution in [1.82, 2.24) is 0 Å². The molecule has 2 atom stereocenters. The summed E-state index contributed by atoms with van der Waals surface area (Å²) in [5.41, 5.74) is 7.30. The van der Waals surface area contributed by atoms with Gasteiger partial charge in [-0.15, -0.1) is 0 Å². The number of hydrogen-bond donors (Lipinski definition) is 3. The zero-order chi connectivity index (χ0) is 16.4. The number of carbonyl (C=O) groups is 1. The van der Waals surface area contributed by atoms with Gasteiger partial charge >= 0.3 is 5.97 Å². The van der Waals surface area contributed by atoms with E-state index in [1.165, 1.54) is 0 Å². The summed E-state index contributed by atoms with van der Waals surface area (Å²) >= 11 is 0. The van der Waals surface area contributed by atoms with Crippen molar-refractivity contribution < 1.29 is 15.0 Å². The maximum Gasteiger partial charge on any atom is 0.320 e. The predicted molar refractivity (Wildman–Crippen MR) is 87.5 cm³/mol. The molecule has 0 aliphatic carbocycles. The summed E-state index contributed by atoms with van der Waals surface area (Å²) < 4.78 is 0. The number of carboxylic acids is 1. The largest absolute Gasteiger partial charge is 0.480 e. The Morgan fingerprint density at radius 1 is 1.05 bits per heavy atom. The third-order valence-corrected chi connectivity index (χ3v) is 3.19. The molecule has 4 nitrogen and oxygen atoms in total. The van der Waals surface area contributed by atoms with Crippen LogP contribution in [-0.4, -0.2) is 22.2 Å². The normalized spacial score (nSPS) is 12.7. The van der Waals surface area contributed by atoms with E-state index < -0.39 is 12.0 Å². The molecular weight excluding hydrogens is 278 g/mol. The number of hydrogen-bond acceptors (Lipinski definition) is 3. The van der Waals surface area contributed by atoms with Gasteiger partial charge in [-0.2, -0.15) is 0 Å². The molecule has 2 aromatic rings. The molecule has 0 heterocycles. The van der Waals surface area contributed by atoms with Gasteiger partial charge in [-0.1, -0.05) is 67.6 Å². The zero-order valence-corrected chi connectivity index (χ0v) is 12.7. The van der Waals surface area contributed by atoms with E-state index in [1.807, 2.05) is 67.6 Å². The maximum absolute atomic E-state index is 10.4. The van der Waals surface area contributed by atoms with Crippen LogP contribution in [0.1, 0.15) is 30.6 Å². The van der Waals surface area contributed by atoms with Crippen LogP contribution in [0.3, 0.4) is 0 Å². The average molecular weight is 301 g/mol. The molecule has 4 heteroatoms. The van der Waals surface area contributed by atoms with Crippen LogP contribution in [0.2, 0.25) is 0 Å². The summed E-state index contributed by atoms with van der Waals surface area (Å²) in [5.74, 6) is -0.959. The van der Waals surface area contributed by atoms with Gasteiger partial charge in [0.15, 0.2) is 0 Å². The summed E-state index contributed by atoms with van der Waals surface area (Å²) in [6, 6.07) is 18.2. The summed E-state index contributed by atoms with van der Waals surface area (Å²) in [6.45, 7) is 1.97. The van der Waals surface area contributed by atoms with E-state index in [0.29, 0.717) is 6.42 Å². The van der Waals surface area contributed by atoms with Crippen molar-refractivity contribution in [2.75, 3.05) is 0 Å². The smallest absolute Gasteiger partial charge is 0.320 e. The first-order valence-corrected chi connectivity index (χ1v) is 7.30. The number of rotatable bonds is 5. The molecule has 0 aromatic heterocycles. The Morgan fingerprint density at radius 2 is 1.55 bits per heavy atom. The van der Waals surface area contributed by atoms with Crippen LogP contribution in [0.5, 0.6) is 0 Å². The Labute approximate surface area is 131 Å². The molecule has 22 heavy (non-hydrogen) atoms. The van der Waals surface area contributed by atoms with Crippen LogP contribution in [0, 0.1) is 0 Å². The highest BCUT2D eigenvalue weighted by molar-refractivity contribution is 5.73. The standard InChI is InChI=1S/C9H11NO2.C9H12O/c10-8(9(11)12)6-7-4-2-1-3-5-7;1-2-9(10)8-6-4-3-5-7-8/h1-5,8H,6,10H2,(H,11,12);3-7,9-10H,2H2,1H3. The summed E-state index contributed by atoms with van der Waals surface area (Å²) in [5, 5.41) is 17.8. The minimum absolute atomic E-state index is 0.291. The second-order valence-corrected chi connectivity index (χ2v) is 4.97. The Morgan fingerprint density at radius 3 is 2.00 bits per heavy atom. The number of aliphatic hydroxyl groups is 1. The number of nitrogens with two attached hydrogens (primary N) is 1. The maximum atomic E-state index is 10.4. The van der Waals surface area contributed by atoms with Crippen molar-refractivity contribution in [3.05, 3.63) is 71.8 Å². The van der Waals surface area contributed by atoms with Crippen molar-refractivity contribution in [2.24, 2.45) is 5.73 Å². The molecular formula is C18H23NO3. The van der Waals surface area contributed by atoms with E-state index in [0.717, 1.165) is 17.5 Å². The number of aliphatic carboxylic acids is 1. The van der Waals surface area contributed by atoms with Gasteiger partial charge in [0.25, 0.3) is 0 Å². The van der Waals surface area contributed by atoms with Crippen LogP contribution in [0.15, 0.2) is 60.7 Å². The van der Waals surface area contributed by atoms with Crippen molar-refractivity contribution >= 4 is 5.97 Å². The Kier molecular flexibility index (Phi) is 7.89. The molecule has 0 amide bonds. The summed E-state index contributed by atoms with van der Waals surface area (Å²) in [4.78, 5) is 10.4. The number of benzene rings is 2. The molecule has 0 fully saturated rings. The highest BCUT2D eigenvalue weighted by Crippen LogP contribution is 2.14. The number of aliphatic hydroxyl groups excluding tert-OH is 1. The van der Waals surface area contributed by atoms with Gasteiger partial charge in [-0.05, 0) is 24.0 Å². The molecule has 0 bridgehead atoms. The van der Waals surface area contributed by atoms with Crippen LogP contribution in [0.4, 0.5) is 0 Å². The molecule has 0 radical (unpaired) electrons. The average Bonchev–Trinajstić information content (AvgIpc) is 2.56. The molecule has 0 saturated carbocycles. The second kappa shape index (κ2) is 9.71. The monoisotopic (exact) mass is 301 g/mol. The third kappa shape index (κ3) is 6.52. The first-order chi connectivity index (χ1) is 10.5. The van der Waals surface area contributed by atoms with Gasteiger partial charge in [-0.3, -0.25) is 4.79 Å². The van der Waals surface area contributed by atoms with E-state index in [-0.39, 0.29) is 6.10 Å². The highest BCUT2D eigenvalue weighted by atomic mass is 16.4. The van der Waals surface area contributed by atoms with Crippen LogP contribution in [-0.2, 0) is 11.2 Å². The first kappa shape index (κ1) is 17.9. The van der Waals surface area contributed by atoms with E-state index in [1.54, 1.807) is 0 Å². The van der Waals surface area contributed by atoms with Crippen LogP contribution < -0.4 is 5.73 Å². The molecule has 118 valence electrons. The lowest BCUT2D eigenvalue weighted by atomic mass is 10.1. The topological polar surface area (TPSA) is 83.5 Å². The molecule has 2 aromatic carbocycles. The lowest BCUT2D eigenvalue weighted by Gasteiger charge is -2.05. The van der Waals surface area contributed by atoms with E-state index in [2.05, 4.69) is 0 Å². The SMILES string of the molecule is CCC(O)c1ccccc1.NC(Cc1ccccc1)C(=O)O. The van der Waals surface area contributed by atoms with E-state index >= 15 is 0 Å². The summed E-state index contributed by atoms with van der Waals surface area (Å²) in [6.07, 6.45) is 0.876. The van der Waals surface area contributed by atoms with Crippen molar-refractivity contribution in [3.8, 4) is 0 Å². The lowest BCUT2D eigenvalue weighted by molar-refractivity contribution is -0.138. The predicted octanol–water partition coefficient (Wildman–Crippen LogP) is 2.77. The third-order valence-electron chi connectivity index (χ3n) is 3.19. The molecule has 0 aliphatic rings. The fourth-order valence-corrected chi connectivity index (χ4v) is 1.87. The minimum Gasteiger partial charge on any atom is -0.480 e. The van der Waals surface area contributed by atoms with Gasteiger partial charge in [0.1, 0.15) is 6.04 Å². The van der Waals surface area contributed by atoms with E-state index in [9.17, 15) is 9.90 Å². The molecule has 0 saturated heterocycles. The van der Waals surface area contributed by atoms with Crippen molar-refractivity contribution in [1.29, 1.82) is 0 Å². The van der Waals surface area contributed by atoms with Gasteiger partial charge in [0.2, 0.25) is 0 Å². The highest BCUT2D eigenvalue weighted by Gasteiger charge is 2.10. The van der Waals surface area contributed by atoms with Crippen LogP contribution >= 0.6 is 0 Å². The van der Waals surface area contributed by atoms with Crippen LogP contribution in [0.25, 0.3) is 0 Å².